The predicted molar refractivity (Wildman–Crippen MR) is 253 cm³/mol. The standard InChI is InChI=1S/C34H24O38S8/c35-29-27-23(11-17(65-73(37,38)39)13-25(27)63-31(33(29)71-79(55,56)57)15-3-5-19(67-75(43,44)45)21(9-15)69-77(49,50)51)61-7-1-2-8-62-24-12-18(66-74(40,41)42)14-26-28(24)30(36)34(72-80(58,59)60)32(64-26)16-4-6-20(68-76(46,47)48)22(10-16)70-78(52,53)54/h1-6,9-14H,7-8H2,(H,37,38,39)(H,40,41,42)(H,43,44,45)(H,46,47,48)(H,49,50,51)(H,52,53,54)(H,55,56,57)(H,58,59,60)/b2-1+. The summed E-state index contributed by atoms with van der Waals surface area (Å²) in [4.78, 5) is 28.1. The van der Waals surface area contributed by atoms with Crippen molar-refractivity contribution >= 4 is 105 Å². The molecule has 0 spiro atoms. The number of rotatable bonds is 24. The van der Waals surface area contributed by atoms with Gasteiger partial charge < -0.3 is 51.8 Å². The second-order valence-corrected chi connectivity index (χ2v) is 22.4. The zero-order valence-electron chi connectivity index (χ0n) is 37.4. The van der Waals surface area contributed by atoms with Gasteiger partial charge in [0, 0.05) is 35.4 Å². The molecule has 0 amide bonds. The van der Waals surface area contributed by atoms with Gasteiger partial charge in [0.1, 0.15) is 46.7 Å². The zero-order valence-corrected chi connectivity index (χ0v) is 44.0. The van der Waals surface area contributed by atoms with Crippen LogP contribution in [-0.4, -0.2) is 117 Å². The molecule has 6 aromatic rings. The van der Waals surface area contributed by atoms with Crippen LogP contribution in [0, 0.1) is 0 Å². The van der Waals surface area contributed by atoms with Crippen molar-refractivity contribution in [1.29, 1.82) is 0 Å². The molecular formula is C34H24O38S8. The Labute approximate surface area is 445 Å². The average molecular weight is 1300 g/mol. The Balaban J connectivity index is 1.44. The first kappa shape index (κ1) is 61.5. The number of hydrogen-bond donors (Lipinski definition) is 8. The van der Waals surface area contributed by atoms with Crippen molar-refractivity contribution in [3.05, 3.63) is 93.3 Å². The largest absolute Gasteiger partial charge is 0.488 e. The number of benzene rings is 4. The molecule has 0 saturated carbocycles. The van der Waals surface area contributed by atoms with Crippen LogP contribution < -0.4 is 53.8 Å². The van der Waals surface area contributed by atoms with E-state index in [0.29, 0.717) is 60.7 Å². The van der Waals surface area contributed by atoms with Crippen LogP contribution in [0.4, 0.5) is 0 Å². The number of ether oxygens (including phenoxy) is 2. The van der Waals surface area contributed by atoms with Gasteiger partial charge in [-0.05, 0) is 48.6 Å². The molecule has 0 aliphatic carbocycles. The molecule has 0 atom stereocenters. The highest BCUT2D eigenvalue weighted by atomic mass is 32.3. The monoisotopic (exact) mass is 1300 g/mol. The van der Waals surface area contributed by atoms with Gasteiger partial charge in [-0.1, -0.05) is 0 Å². The van der Waals surface area contributed by atoms with Crippen molar-refractivity contribution in [3.8, 4) is 80.1 Å². The van der Waals surface area contributed by atoms with E-state index >= 15 is 0 Å². The highest BCUT2D eigenvalue weighted by molar-refractivity contribution is 7.83. The van der Waals surface area contributed by atoms with Crippen LogP contribution in [0.5, 0.6) is 57.5 Å². The first-order valence-corrected chi connectivity index (χ1v) is 30.2. The van der Waals surface area contributed by atoms with Crippen molar-refractivity contribution in [1.82, 2.24) is 0 Å². The molecule has 0 unspecified atom stereocenters. The molecule has 46 heteroatoms. The molecule has 0 fully saturated rings. The minimum atomic E-state index is -5.78. The maximum Gasteiger partial charge on any atom is 0.446 e. The van der Waals surface area contributed by atoms with Crippen LogP contribution in [0.2, 0.25) is 0 Å². The minimum Gasteiger partial charge on any atom is -0.488 e. The predicted octanol–water partition coefficient (Wildman–Crippen LogP) is 0.700. The topological polar surface area (TPSA) is 588 Å². The third-order valence-corrected chi connectivity index (χ3v) is 11.7. The van der Waals surface area contributed by atoms with E-state index in [1.807, 2.05) is 0 Å². The summed E-state index contributed by atoms with van der Waals surface area (Å²) in [6.07, 6.45) is 1.91. The fourth-order valence-corrected chi connectivity index (χ4v) is 9.07. The van der Waals surface area contributed by atoms with Crippen LogP contribution in [-0.2, 0) is 83.2 Å². The van der Waals surface area contributed by atoms with Crippen LogP contribution >= 0.6 is 0 Å². The zero-order chi connectivity index (χ0) is 59.9. The Hall–Kier alpha value is -7.68. The minimum absolute atomic E-state index is 0.355. The number of fused-ring (bicyclic) bond motifs is 2. The Morgan fingerprint density at radius 2 is 0.637 bits per heavy atom. The van der Waals surface area contributed by atoms with E-state index in [-0.39, 0.29) is 0 Å². The third-order valence-electron chi connectivity index (χ3n) is 8.59. The summed E-state index contributed by atoms with van der Waals surface area (Å²) in [5.74, 6) is -14.2. The first-order valence-electron chi connectivity index (χ1n) is 19.2. The Morgan fingerprint density at radius 3 is 0.925 bits per heavy atom. The van der Waals surface area contributed by atoms with E-state index in [0.717, 1.165) is 12.2 Å². The summed E-state index contributed by atoms with van der Waals surface area (Å²) < 4.78 is 318. The smallest absolute Gasteiger partial charge is 0.446 e. The fourth-order valence-electron chi connectivity index (χ4n) is 6.23. The van der Waals surface area contributed by atoms with Gasteiger partial charge in [0.05, 0.1) is 0 Å². The van der Waals surface area contributed by atoms with Crippen molar-refractivity contribution in [2.75, 3.05) is 13.2 Å². The Morgan fingerprint density at radius 1 is 0.350 bits per heavy atom. The quantitative estimate of drug-likeness (QED) is 0.0305. The second-order valence-electron chi connectivity index (χ2n) is 14.3. The third kappa shape index (κ3) is 17.4. The van der Waals surface area contributed by atoms with E-state index in [4.69, 9.17) is 27.4 Å². The van der Waals surface area contributed by atoms with E-state index in [9.17, 15) is 104 Å². The lowest BCUT2D eigenvalue weighted by Crippen LogP contribution is -2.17. The van der Waals surface area contributed by atoms with Crippen LogP contribution in [0.15, 0.2) is 91.2 Å². The van der Waals surface area contributed by atoms with E-state index < -0.39 is 209 Å². The highest BCUT2D eigenvalue weighted by Gasteiger charge is 2.30. The molecule has 0 radical (unpaired) electrons. The van der Waals surface area contributed by atoms with E-state index in [1.54, 1.807) is 0 Å². The molecule has 0 aliphatic heterocycles. The molecule has 0 aliphatic rings. The van der Waals surface area contributed by atoms with Gasteiger partial charge in [-0.2, -0.15) is 67.3 Å². The van der Waals surface area contributed by atoms with Crippen molar-refractivity contribution < 1.29 is 156 Å². The maximum absolute atomic E-state index is 14.0. The van der Waals surface area contributed by atoms with Crippen LogP contribution in [0.1, 0.15) is 0 Å². The summed E-state index contributed by atoms with van der Waals surface area (Å²) >= 11 is 0. The Kier molecular flexibility index (Phi) is 17.0. The van der Waals surface area contributed by atoms with Gasteiger partial charge in [0.15, 0.2) is 46.0 Å². The summed E-state index contributed by atoms with van der Waals surface area (Å²) in [7, 11) is -44.7. The van der Waals surface area contributed by atoms with Gasteiger partial charge in [-0.3, -0.25) is 46.0 Å². The van der Waals surface area contributed by atoms with Gasteiger partial charge in [-0.25, -0.2) is 0 Å². The lowest BCUT2D eigenvalue weighted by molar-refractivity contribution is 0.349. The lowest BCUT2D eigenvalue weighted by atomic mass is 10.1. The summed E-state index contributed by atoms with van der Waals surface area (Å²) in [6.45, 7) is -1.67. The molecular weight excluding hydrogens is 1270 g/mol. The Bertz CT molecular complexity index is 4330. The lowest BCUT2D eigenvalue weighted by Gasteiger charge is -2.15. The normalized spacial score (nSPS) is 12.9. The summed E-state index contributed by atoms with van der Waals surface area (Å²) in [6, 6.07) is 5.05. The highest BCUT2D eigenvalue weighted by Crippen LogP contribution is 2.43. The van der Waals surface area contributed by atoms with Crippen LogP contribution in [0.25, 0.3) is 44.6 Å². The van der Waals surface area contributed by atoms with Gasteiger partial charge in [-0.15, -0.1) is 0 Å². The molecule has 436 valence electrons. The molecule has 6 rings (SSSR count). The molecule has 0 bridgehead atoms. The molecule has 0 saturated heterocycles. The van der Waals surface area contributed by atoms with Gasteiger partial charge in [0.2, 0.25) is 22.4 Å². The molecule has 8 N–H and O–H groups in total. The molecule has 4 aromatic carbocycles. The van der Waals surface area contributed by atoms with Gasteiger partial charge >= 0.3 is 83.2 Å². The van der Waals surface area contributed by atoms with Crippen molar-refractivity contribution in [2.24, 2.45) is 0 Å². The second kappa shape index (κ2) is 22.1. The van der Waals surface area contributed by atoms with E-state index in [2.05, 4.69) is 33.5 Å². The number of hydrogen-bond acceptors (Lipinski definition) is 30. The summed E-state index contributed by atoms with van der Waals surface area (Å²) in [5.41, 5.74) is -6.77. The van der Waals surface area contributed by atoms with Crippen molar-refractivity contribution in [3.63, 3.8) is 0 Å². The fraction of sp³-hybridized carbons (Fsp3) is 0.0588. The van der Waals surface area contributed by atoms with Gasteiger partial charge in [0.25, 0.3) is 0 Å². The van der Waals surface area contributed by atoms with E-state index in [1.165, 1.54) is 0 Å². The molecule has 38 nitrogen and oxygen atoms in total. The molecule has 2 aromatic heterocycles. The van der Waals surface area contributed by atoms with Crippen molar-refractivity contribution in [2.45, 2.75) is 0 Å². The maximum atomic E-state index is 14.0. The summed E-state index contributed by atoms with van der Waals surface area (Å²) in [5, 5.41) is -1.89. The molecule has 2 heterocycles. The SMILES string of the molecule is O=c1c(OS(=O)(=O)O)c(-c2ccc(OS(=O)(=O)O)c(OS(=O)(=O)O)c2)oc2cc(OS(=O)(=O)O)cc(OC/C=C/COc3cc(OS(=O)(=O)O)cc4oc(-c5ccc(OS(=O)(=O)O)c(OS(=O)(=O)O)c5)c(OS(=O)(=O)O)c(=O)c34)c12. The first-order chi connectivity index (χ1) is 36.4. The van der Waals surface area contributed by atoms with Crippen LogP contribution in [0.3, 0.4) is 0 Å². The average Bonchev–Trinajstić information content (AvgIpc) is 3.30. The molecule has 80 heavy (non-hydrogen) atoms.